The third-order valence-electron chi connectivity index (χ3n) is 10.4. The summed E-state index contributed by atoms with van der Waals surface area (Å²) in [5.41, 5.74) is 0. The Morgan fingerprint density at radius 1 is 0.525 bits per heavy atom. The van der Waals surface area contributed by atoms with Crippen molar-refractivity contribution < 1.29 is 42.1 Å². The lowest BCUT2D eigenvalue weighted by atomic mass is 10.0. The number of likely N-dealkylation sites (N-methyl/N-ethyl adjacent to an activating group) is 1. The van der Waals surface area contributed by atoms with E-state index in [-0.39, 0.29) is 32.0 Å². The molecule has 0 saturated heterocycles. The molecule has 0 aliphatic rings. The third-order valence-corrected chi connectivity index (χ3v) is 11.4. The molecule has 0 rings (SSSR count). The van der Waals surface area contributed by atoms with Crippen LogP contribution in [0.3, 0.4) is 0 Å². The van der Waals surface area contributed by atoms with Crippen LogP contribution >= 0.6 is 7.82 Å². The van der Waals surface area contributed by atoms with Crippen molar-refractivity contribution in [1.82, 2.24) is 0 Å². The maximum Gasteiger partial charge on any atom is 0.472 e. The normalized spacial score (nSPS) is 13.8. The second kappa shape index (κ2) is 41.6. The van der Waals surface area contributed by atoms with E-state index >= 15 is 0 Å². The van der Waals surface area contributed by atoms with Gasteiger partial charge in [-0.1, -0.05) is 185 Å². The van der Waals surface area contributed by atoms with Gasteiger partial charge in [-0.3, -0.25) is 18.6 Å². The highest BCUT2D eigenvalue weighted by molar-refractivity contribution is 7.47. The second-order valence-corrected chi connectivity index (χ2v) is 19.0. The number of phosphoric acid groups is 1. The average Bonchev–Trinajstić information content (AvgIpc) is 3.19. The number of quaternary nitrogens is 1. The predicted octanol–water partition coefficient (Wildman–Crippen LogP) is 14.1. The van der Waals surface area contributed by atoms with Gasteiger partial charge in [-0.2, -0.15) is 0 Å². The molecule has 0 aromatic rings. The summed E-state index contributed by atoms with van der Waals surface area (Å²) in [7, 11) is 1.48. The maximum absolute atomic E-state index is 12.7. The van der Waals surface area contributed by atoms with Crippen LogP contribution < -0.4 is 0 Å². The number of carbonyl (C=O) groups excluding carboxylic acids is 2. The van der Waals surface area contributed by atoms with Crippen LogP contribution in [0.25, 0.3) is 0 Å². The van der Waals surface area contributed by atoms with Gasteiger partial charge in [-0.25, -0.2) is 4.57 Å². The van der Waals surface area contributed by atoms with Gasteiger partial charge in [0.05, 0.1) is 27.7 Å². The number of allylic oxidation sites excluding steroid dienone is 6. The molecule has 0 spiro atoms. The molecule has 0 heterocycles. The number of unbranched alkanes of at least 4 members (excludes halogenated alkanes) is 24. The van der Waals surface area contributed by atoms with Gasteiger partial charge in [0.1, 0.15) is 19.8 Å². The van der Waals surface area contributed by atoms with E-state index in [1.54, 1.807) is 0 Å². The van der Waals surface area contributed by atoms with E-state index in [4.69, 9.17) is 18.5 Å². The van der Waals surface area contributed by atoms with Gasteiger partial charge in [0.15, 0.2) is 6.10 Å². The Hall–Kier alpha value is -1.77. The first kappa shape index (κ1) is 57.2. The summed E-state index contributed by atoms with van der Waals surface area (Å²) in [6, 6.07) is 0. The fraction of sp³-hybridized carbons (Fsp3) is 0.837. The van der Waals surface area contributed by atoms with E-state index in [2.05, 4.69) is 50.3 Å². The molecule has 9 nitrogen and oxygen atoms in total. The van der Waals surface area contributed by atoms with Gasteiger partial charge in [-0.05, 0) is 51.4 Å². The van der Waals surface area contributed by atoms with Crippen molar-refractivity contribution in [3.05, 3.63) is 36.5 Å². The van der Waals surface area contributed by atoms with Crippen LogP contribution in [0.5, 0.6) is 0 Å². The number of esters is 2. The quantitative estimate of drug-likeness (QED) is 0.0212. The SMILES string of the molecule is CCCCCCC/C=C\C/C=C\C/C=C\CCCCCCCCCCCCCCCCC(=O)OC(COC(=O)CCCCCCCC)COP(=O)(O)OCC[N+](C)(C)C. The number of ether oxygens (including phenoxy) is 2. The van der Waals surface area contributed by atoms with Gasteiger partial charge in [0, 0.05) is 12.8 Å². The fourth-order valence-corrected chi connectivity index (χ4v) is 7.35. The van der Waals surface area contributed by atoms with Crippen LogP contribution in [-0.2, 0) is 32.7 Å². The van der Waals surface area contributed by atoms with Crippen LogP contribution in [-0.4, -0.2) is 74.9 Å². The van der Waals surface area contributed by atoms with Crippen molar-refractivity contribution in [1.29, 1.82) is 0 Å². The molecule has 0 fully saturated rings. The van der Waals surface area contributed by atoms with Crippen molar-refractivity contribution in [2.24, 2.45) is 0 Å². The van der Waals surface area contributed by atoms with Gasteiger partial charge in [-0.15, -0.1) is 0 Å². The Labute approximate surface area is 363 Å². The summed E-state index contributed by atoms with van der Waals surface area (Å²) >= 11 is 0. The van der Waals surface area contributed by atoms with Crippen molar-refractivity contribution in [3.8, 4) is 0 Å². The largest absolute Gasteiger partial charge is 0.472 e. The topological polar surface area (TPSA) is 108 Å². The first-order chi connectivity index (χ1) is 28.5. The van der Waals surface area contributed by atoms with Crippen molar-refractivity contribution in [2.45, 2.75) is 219 Å². The minimum absolute atomic E-state index is 0.0326. The summed E-state index contributed by atoms with van der Waals surface area (Å²) in [5, 5.41) is 0. The highest BCUT2D eigenvalue weighted by atomic mass is 31.2. The molecule has 0 aromatic carbocycles. The first-order valence-corrected chi connectivity index (χ1v) is 25.7. The Morgan fingerprint density at radius 2 is 0.915 bits per heavy atom. The van der Waals surface area contributed by atoms with Crippen LogP contribution in [0.1, 0.15) is 213 Å². The van der Waals surface area contributed by atoms with Crippen LogP contribution in [0.4, 0.5) is 0 Å². The molecule has 0 amide bonds. The molecule has 0 aliphatic carbocycles. The van der Waals surface area contributed by atoms with Crippen LogP contribution in [0.2, 0.25) is 0 Å². The van der Waals surface area contributed by atoms with Crippen LogP contribution in [0, 0.1) is 0 Å². The molecule has 2 atom stereocenters. The fourth-order valence-electron chi connectivity index (χ4n) is 6.61. The molecule has 0 saturated carbocycles. The molecular weight excluding hydrogens is 762 g/mol. The van der Waals surface area contributed by atoms with E-state index in [9.17, 15) is 19.0 Å². The second-order valence-electron chi connectivity index (χ2n) is 17.5. The van der Waals surface area contributed by atoms with Gasteiger partial charge in [0.25, 0.3) is 0 Å². The Bertz CT molecular complexity index is 1100. The first-order valence-electron chi connectivity index (χ1n) is 24.2. The molecule has 10 heteroatoms. The number of hydrogen-bond donors (Lipinski definition) is 1. The summed E-state index contributed by atoms with van der Waals surface area (Å²) in [5.74, 6) is -0.805. The van der Waals surface area contributed by atoms with Crippen molar-refractivity contribution in [2.75, 3.05) is 47.5 Å². The zero-order valence-corrected chi connectivity index (χ0v) is 39.9. The van der Waals surface area contributed by atoms with E-state index in [1.165, 1.54) is 128 Å². The summed E-state index contributed by atoms with van der Waals surface area (Å²) in [4.78, 5) is 35.1. The molecule has 0 bridgehead atoms. The van der Waals surface area contributed by atoms with Crippen molar-refractivity contribution >= 4 is 19.8 Å². The van der Waals surface area contributed by atoms with Crippen molar-refractivity contribution in [3.63, 3.8) is 0 Å². The summed E-state index contributed by atoms with van der Waals surface area (Å²) in [6.07, 6.45) is 48.1. The minimum Gasteiger partial charge on any atom is -0.462 e. The van der Waals surface area contributed by atoms with E-state index in [0.29, 0.717) is 17.4 Å². The lowest BCUT2D eigenvalue weighted by Crippen LogP contribution is -2.37. The lowest BCUT2D eigenvalue weighted by molar-refractivity contribution is -0.870. The zero-order valence-electron chi connectivity index (χ0n) is 39.0. The molecule has 346 valence electrons. The smallest absolute Gasteiger partial charge is 0.462 e. The summed E-state index contributed by atoms with van der Waals surface area (Å²) in [6.45, 7) is 4.35. The molecule has 0 radical (unpaired) electrons. The maximum atomic E-state index is 12.7. The Kier molecular flexibility index (Phi) is 40.3. The number of rotatable bonds is 44. The minimum atomic E-state index is -4.36. The van der Waals surface area contributed by atoms with E-state index < -0.39 is 26.5 Å². The molecule has 59 heavy (non-hydrogen) atoms. The zero-order chi connectivity index (χ0) is 43.6. The standard InChI is InChI=1S/C49H92NO8P/c1-6-8-10-12-14-15-16-17-18-19-20-21-22-23-24-25-26-27-28-29-30-31-32-33-34-35-36-38-40-42-49(52)58-47(45-55-48(51)41-39-37-13-11-9-7-2)46-57-59(53,54)56-44-43-50(3,4)5/h16-17,19-20,22-23,47H,6-15,18,21,24-46H2,1-5H3/p+1/b17-16-,20-19-,23-22-. The molecular formula is C49H93NO8P+. The van der Waals surface area contributed by atoms with E-state index in [1.807, 2.05) is 21.1 Å². The third kappa shape index (κ3) is 45.6. The highest BCUT2D eigenvalue weighted by Crippen LogP contribution is 2.43. The number of carbonyl (C=O) groups is 2. The number of hydrogen-bond acceptors (Lipinski definition) is 7. The highest BCUT2D eigenvalue weighted by Gasteiger charge is 2.27. The molecule has 1 N–H and O–H groups in total. The summed E-state index contributed by atoms with van der Waals surface area (Å²) < 4.78 is 34.2. The predicted molar refractivity (Wildman–Crippen MR) is 247 cm³/mol. The van der Waals surface area contributed by atoms with Crippen LogP contribution in [0.15, 0.2) is 36.5 Å². The Balaban J connectivity index is 3.99. The Morgan fingerprint density at radius 3 is 1.36 bits per heavy atom. The van der Waals surface area contributed by atoms with Gasteiger partial charge in [0.2, 0.25) is 0 Å². The average molecular weight is 855 g/mol. The molecule has 2 unspecified atom stereocenters. The lowest BCUT2D eigenvalue weighted by Gasteiger charge is -2.24. The molecule has 0 aliphatic heterocycles. The number of nitrogens with zero attached hydrogens (tertiary/aromatic N) is 1. The van der Waals surface area contributed by atoms with Gasteiger partial charge >= 0.3 is 19.8 Å². The number of phosphoric ester groups is 1. The monoisotopic (exact) mass is 855 g/mol. The molecule has 0 aromatic heterocycles. The van der Waals surface area contributed by atoms with Gasteiger partial charge < -0.3 is 18.9 Å². The van der Waals surface area contributed by atoms with E-state index in [0.717, 1.165) is 51.4 Å².